The molecule has 28 heavy (non-hydrogen) atoms. The maximum atomic E-state index is 12.7. The van der Waals surface area contributed by atoms with Gasteiger partial charge in [-0.15, -0.1) is 0 Å². The number of hydrogen-bond acceptors (Lipinski definition) is 3. The van der Waals surface area contributed by atoms with Crippen molar-refractivity contribution in [1.29, 1.82) is 0 Å². The van der Waals surface area contributed by atoms with Crippen LogP contribution in [-0.2, 0) is 16.0 Å². The van der Waals surface area contributed by atoms with Crippen LogP contribution in [0.15, 0.2) is 66.2 Å². The SMILES string of the molecule is CC(=O)C(CC(=O)N1CCC(Cc2ccccc2)CC1)=C(O)c1ccccc1. The predicted molar refractivity (Wildman–Crippen MR) is 111 cm³/mol. The Kier molecular flexibility index (Phi) is 6.64. The lowest BCUT2D eigenvalue weighted by Gasteiger charge is -2.32. The molecule has 0 bridgehead atoms. The molecule has 0 saturated carbocycles. The molecule has 1 fully saturated rings. The summed E-state index contributed by atoms with van der Waals surface area (Å²) in [6, 6.07) is 19.3. The van der Waals surface area contributed by atoms with Gasteiger partial charge in [0, 0.05) is 24.2 Å². The van der Waals surface area contributed by atoms with Gasteiger partial charge in [0.15, 0.2) is 5.78 Å². The minimum atomic E-state index is -0.270. The largest absolute Gasteiger partial charge is 0.507 e. The van der Waals surface area contributed by atoms with Crippen molar-refractivity contribution < 1.29 is 14.7 Å². The summed E-state index contributed by atoms with van der Waals surface area (Å²) in [5.41, 5.74) is 2.08. The normalized spacial score (nSPS) is 15.8. The predicted octanol–water partition coefficient (Wildman–Crippen LogP) is 4.42. The smallest absolute Gasteiger partial charge is 0.227 e. The van der Waals surface area contributed by atoms with Gasteiger partial charge in [-0.25, -0.2) is 0 Å². The summed E-state index contributed by atoms with van der Waals surface area (Å²) in [5.74, 6) is 0.118. The third kappa shape index (κ3) is 5.10. The third-order valence-electron chi connectivity index (χ3n) is 5.42. The van der Waals surface area contributed by atoms with E-state index in [1.807, 2.05) is 17.0 Å². The van der Waals surface area contributed by atoms with E-state index in [1.54, 1.807) is 24.3 Å². The van der Waals surface area contributed by atoms with Gasteiger partial charge in [0.05, 0.1) is 6.42 Å². The number of nitrogens with zero attached hydrogens (tertiary/aromatic N) is 1. The van der Waals surface area contributed by atoms with Crippen LogP contribution in [0.5, 0.6) is 0 Å². The quantitative estimate of drug-likeness (QED) is 0.599. The number of benzene rings is 2. The summed E-state index contributed by atoms with van der Waals surface area (Å²) in [6.07, 6.45) is 2.91. The first-order chi connectivity index (χ1) is 13.5. The summed E-state index contributed by atoms with van der Waals surface area (Å²) >= 11 is 0. The summed E-state index contributed by atoms with van der Waals surface area (Å²) < 4.78 is 0. The second-order valence-electron chi connectivity index (χ2n) is 7.44. The van der Waals surface area contributed by atoms with Gasteiger partial charge >= 0.3 is 0 Å². The molecule has 0 spiro atoms. The Bertz CT molecular complexity index is 835. The van der Waals surface area contributed by atoms with Gasteiger partial charge in [0.1, 0.15) is 5.76 Å². The van der Waals surface area contributed by atoms with Crippen molar-refractivity contribution in [3.63, 3.8) is 0 Å². The first-order valence-electron chi connectivity index (χ1n) is 9.84. The zero-order valence-corrected chi connectivity index (χ0v) is 16.3. The molecule has 0 atom stereocenters. The molecule has 1 amide bonds. The molecule has 1 aliphatic heterocycles. The third-order valence-corrected chi connectivity index (χ3v) is 5.42. The van der Waals surface area contributed by atoms with Gasteiger partial charge < -0.3 is 10.0 Å². The Labute approximate surface area is 166 Å². The lowest BCUT2D eigenvalue weighted by Crippen LogP contribution is -2.39. The summed E-state index contributed by atoms with van der Waals surface area (Å²) in [6.45, 7) is 2.80. The van der Waals surface area contributed by atoms with Gasteiger partial charge in [0.2, 0.25) is 5.91 Å². The number of piperidine rings is 1. The van der Waals surface area contributed by atoms with Crippen LogP contribution in [0.25, 0.3) is 5.76 Å². The zero-order chi connectivity index (χ0) is 19.9. The highest BCUT2D eigenvalue weighted by Gasteiger charge is 2.25. The van der Waals surface area contributed by atoms with Crippen LogP contribution in [0.1, 0.15) is 37.3 Å². The molecule has 1 saturated heterocycles. The molecule has 0 radical (unpaired) electrons. The summed E-state index contributed by atoms with van der Waals surface area (Å²) in [4.78, 5) is 26.6. The van der Waals surface area contributed by atoms with Gasteiger partial charge in [-0.1, -0.05) is 60.7 Å². The van der Waals surface area contributed by atoms with Crippen LogP contribution in [0.3, 0.4) is 0 Å². The topological polar surface area (TPSA) is 57.6 Å². The molecule has 4 nitrogen and oxygen atoms in total. The molecule has 0 aromatic heterocycles. The number of aliphatic hydroxyl groups excluding tert-OH is 1. The first kappa shape index (κ1) is 19.9. The van der Waals surface area contributed by atoms with Crippen molar-refractivity contribution in [3.8, 4) is 0 Å². The maximum Gasteiger partial charge on any atom is 0.227 e. The Balaban J connectivity index is 1.60. The Morgan fingerprint density at radius 2 is 1.54 bits per heavy atom. The highest BCUT2D eigenvalue weighted by molar-refractivity contribution is 6.03. The number of carbonyl (C=O) groups is 2. The van der Waals surface area contributed by atoms with Crippen LogP contribution in [0, 0.1) is 5.92 Å². The van der Waals surface area contributed by atoms with E-state index in [2.05, 4.69) is 24.3 Å². The van der Waals surface area contributed by atoms with E-state index in [1.165, 1.54) is 12.5 Å². The fourth-order valence-electron chi connectivity index (χ4n) is 3.74. The second-order valence-corrected chi connectivity index (χ2v) is 7.44. The zero-order valence-electron chi connectivity index (χ0n) is 16.3. The Morgan fingerprint density at radius 1 is 0.964 bits per heavy atom. The van der Waals surface area contributed by atoms with Crippen molar-refractivity contribution in [2.45, 2.75) is 32.6 Å². The molecular formula is C24H27NO3. The number of hydrogen-bond donors (Lipinski definition) is 1. The lowest BCUT2D eigenvalue weighted by atomic mass is 9.90. The van der Waals surface area contributed by atoms with Crippen molar-refractivity contribution in [2.75, 3.05) is 13.1 Å². The maximum absolute atomic E-state index is 12.7. The summed E-state index contributed by atoms with van der Waals surface area (Å²) in [7, 11) is 0. The fourth-order valence-corrected chi connectivity index (χ4v) is 3.74. The minimum Gasteiger partial charge on any atom is -0.507 e. The first-order valence-corrected chi connectivity index (χ1v) is 9.84. The average Bonchev–Trinajstić information content (AvgIpc) is 2.73. The van der Waals surface area contributed by atoms with E-state index in [0.717, 1.165) is 19.3 Å². The molecule has 4 heteroatoms. The molecule has 2 aromatic rings. The van der Waals surface area contributed by atoms with Gasteiger partial charge in [0.25, 0.3) is 0 Å². The number of rotatable bonds is 6. The van der Waals surface area contributed by atoms with Crippen LogP contribution >= 0.6 is 0 Å². The van der Waals surface area contributed by atoms with E-state index in [9.17, 15) is 14.7 Å². The van der Waals surface area contributed by atoms with E-state index < -0.39 is 0 Å². The molecule has 1 N–H and O–H groups in total. The van der Waals surface area contributed by atoms with Crippen LogP contribution in [-0.4, -0.2) is 34.8 Å². The van der Waals surface area contributed by atoms with Gasteiger partial charge in [-0.3, -0.25) is 9.59 Å². The van der Waals surface area contributed by atoms with Crippen LogP contribution < -0.4 is 0 Å². The van der Waals surface area contributed by atoms with Crippen LogP contribution in [0.2, 0.25) is 0 Å². The minimum absolute atomic E-state index is 0.0561. The molecule has 2 aromatic carbocycles. The van der Waals surface area contributed by atoms with E-state index in [-0.39, 0.29) is 29.4 Å². The van der Waals surface area contributed by atoms with Gasteiger partial charge in [-0.05, 0) is 37.7 Å². The van der Waals surface area contributed by atoms with E-state index in [0.29, 0.717) is 24.6 Å². The fraction of sp³-hybridized carbons (Fsp3) is 0.333. The molecule has 3 rings (SSSR count). The molecule has 1 aliphatic rings. The monoisotopic (exact) mass is 377 g/mol. The van der Waals surface area contributed by atoms with Crippen molar-refractivity contribution in [3.05, 3.63) is 77.4 Å². The van der Waals surface area contributed by atoms with E-state index >= 15 is 0 Å². The molecular weight excluding hydrogens is 350 g/mol. The highest BCUT2D eigenvalue weighted by atomic mass is 16.3. The standard InChI is InChI=1S/C24H27NO3/c1-18(26)22(24(28)21-10-6-3-7-11-21)17-23(27)25-14-12-20(13-15-25)16-19-8-4-2-5-9-19/h2-11,20,28H,12-17H2,1H3. The molecule has 146 valence electrons. The number of ketones is 1. The Morgan fingerprint density at radius 3 is 2.11 bits per heavy atom. The molecule has 0 unspecified atom stereocenters. The van der Waals surface area contributed by atoms with E-state index in [4.69, 9.17) is 0 Å². The molecule has 1 heterocycles. The van der Waals surface area contributed by atoms with Gasteiger partial charge in [-0.2, -0.15) is 0 Å². The number of likely N-dealkylation sites (tertiary alicyclic amines) is 1. The number of Topliss-reactive ketones (excluding diaryl/α,β-unsaturated/α-hetero) is 1. The van der Waals surface area contributed by atoms with Crippen molar-refractivity contribution >= 4 is 17.4 Å². The van der Waals surface area contributed by atoms with Crippen molar-refractivity contribution in [2.24, 2.45) is 5.92 Å². The Hall–Kier alpha value is -2.88. The molecule has 0 aliphatic carbocycles. The number of carbonyl (C=O) groups excluding carboxylic acids is 2. The average molecular weight is 377 g/mol. The highest BCUT2D eigenvalue weighted by Crippen LogP contribution is 2.24. The second kappa shape index (κ2) is 9.36. The number of amides is 1. The summed E-state index contributed by atoms with van der Waals surface area (Å²) in [5, 5.41) is 10.5. The van der Waals surface area contributed by atoms with Crippen LogP contribution in [0.4, 0.5) is 0 Å². The lowest BCUT2D eigenvalue weighted by molar-refractivity contribution is -0.132. The number of aliphatic hydroxyl groups is 1. The van der Waals surface area contributed by atoms with Crippen molar-refractivity contribution in [1.82, 2.24) is 4.90 Å².